The SMILES string of the molecule is COc1ccc(CNS(=O)(=O)c2cc(-c3nnc(C(=O)N4CCCC4)o3)cs2)cc1. The third-order valence-electron chi connectivity index (χ3n) is 4.71. The third kappa shape index (κ3) is 4.37. The van der Waals surface area contributed by atoms with Gasteiger partial charge in [0, 0.05) is 25.0 Å². The topological polar surface area (TPSA) is 115 Å². The van der Waals surface area contributed by atoms with E-state index in [2.05, 4.69) is 14.9 Å². The number of nitrogens with zero attached hydrogens (tertiary/aromatic N) is 3. The Morgan fingerprint density at radius 1 is 1.23 bits per heavy atom. The fourth-order valence-corrected chi connectivity index (χ4v) is 5.26. The van der Waals surface area contributed by atoms with Crippen molar-refractivity contribution in [2.24, 2.45) is 0 Å². The van der Waals surface area contributed by atoms with Crippen molar-refractivity contribution in [3.8, 4) is 17.2 Å². The summed E-state index contributed by atoms with van der Waals surface area (Å²) in [6, 6.07) is 8.57. The molecule has 2 aromatic heterocycles. The molecule has 0 radical (unpaired) electrons. The molecule has 0 bridgehead atoms. The van der Waals surface area contributed by atoms with Gasteiger partial charge in [0.25, 0.3) is 0 Å². The van der Waals surface area contributed by atoms with E-state index in [4.69, 9.17) is 9.15 Å². The fourth-order valence-electron chi connectivity index (χ4n) is 3.04. The molecule has 0 atom stereocenters. The van der Waals surface area contributed by atoms with Gasteiger partial charge in [-0.05, 0) is 36.6 Å². The molecule has 0 spiro atoms. The maximum atomic E-state index is 12.6. The van der Waals surface area contributed by atoms with E-state index in [1.54, 1.807) is 41.7 Å². The van der Waals surface area contributed by atoms with Crippen LogP contribution < -0.4 is 9.46 Å². The van der Waals surface area contributed by atoms with Crippen molar-refractivity contribution >= 4 is 27.3 Å². The normalized spacial score (nSPS) is 14.2. The Balaban J connectivity index is 1.44. The van der Waals surface area contributed by atoms with E-state index in [-0.39, 0.29) is 28.4 Å². The van der Waals surface area contributed by atoms with Crippen LogP contribution in [0.15, 0.2) is 44.3 Å². The maximum absolute atomic E-state index is 12.6. The summed E-state index contributed by atoms with van der Waals surface area (Å²) in [5, 5.41) is 9.33. The van der Waals surface area contributed by atoms with Gasteiger partial charge in [0.2, 0.25) is 15.9 Å². The average Bonchev–Trinajstić information content (AvgIpc) is 3.53. The Kier molecular flexibility index (Phi) is 5.84. The van der Waals surface area contributed by atoms with E-state index in [0.29, 0.717) is 24.4 Å². The van der Waals surface area contributed by atoms with Gasteiger partial charge in [-0.2, -0.15) is 0 Å². The van der Waals surface area contributed by atoms with Crippen LogP contribution in [0.4, 0.5) is 0 Å². The van der Waals surface area contributed by atoms with Gasteiger partial charge in [-0.25, -0.2) is 13.1 Å². The summed E-state index contributed by atoms with van der Waals surface area (Å²) in [6.45, 7) is 1.50. The van der Waals surface area contributed by atoms with Crippen molar-refractivity contribution in [1.29, 1.82) is 0 Å². The lowest BCUT2D eigenvalue weighted by atomic mass is 10.2. The molecule has 30 heavy (non-hydrogen) atoms. The van der Waals surface area contributed by atoms with Crippen LogP contribution in [0, 0.1) is 0 Å². The van der Waals surface area contributed by atoms with E-state index in [9.17, 15) is 13.2 Å². The van der Waals surface area contributed by atoms with Crippen LogP contribution in [0.3, 0.4) is 0 Å². The van der Waals surface area contributed by atoms with Crippen LogP contribution >= 0.6 is 11.3 Å². The van der Waals surface area contributed by atoms with Crippen molar-refractivity contribution in [2.45, 2.75) is 23.6 Å². The summed E-state index contributed by atoms with van der Waals surface area (Å²) in [5.41, 5.74) is 1.26. The zero-order chi connectivity index (χ0) is 21.1. The molecule has 1 aliphatic heterocycles. The van der Waals surface area contributed by atoms with Crippen molar-refractivity contribution in [3.05, 3.63) is 47.2 Å². The minimum Gasteiger partial charge on any atom is -0.497 e. The summed E-state index contributed by atoms with van der Waals surface area (Å²) >= 11 is 1.04. The number of carbonyl (C=O) groups excluding carboxylic acids is 1. The van der Waals surface area contributed by atoms with Crippen molar-refractivity contribution < 1.29 is 22.4 Å². The molecular formula is C19H20N4O5S2. The number of nitrogens with one attached hydrogen (secondary N) is 1. The predicted molar refractivity (Wildman–Crippen MR) is 110 cm³/mol. The third-order valence-corrected chi connectivity index (χ3v) is 7.55. The number of hydrogen-bond donors (Lipinski definition) is 1. The highest BCUT2D eigenvalue weighted by Crippen LogP contribution is 2.28. The predicted octanol–water partition coefficient (Wildman–Crippen LogP) is 2.52. The summed E-state index contributed by atoms with van der Waals surface area (Å²) in [4.78, 5) is 14.0. The monoisotopic (exact) mass is 448 g/mol. The van der Waals surface area contributed by atoms with Gasteiger partial charge in [0.05, 0.1) is 12.7 Å². The van der Waals surface area contributed by atoms with Crippen molar-refractivity contribution in [3.63, 3.8) is 0 Å². The van der Waals surface area contributed by atoms with Crippen LogP contribution in [0.5, 0.6) is 5.75 Å². The van der Waals surface area contributed by atoms with E-state index >= 15 is 0 Å². The first-order valence-corrected chi connectivity index (χ1v) is 11.7. The lowest BCUT2D eigenvalue weighted by molar-refractivity contribution is 0.0754. The van der Waals surface area contributed by atoms with Gasteiger partial charge in [0.15, 0.2) is 0 Å². The molecule has 1 amide bonds. The van der Waals surface area contributed by atoms with Crippen LogP contribution in [0.1, 0.15) is 29.1 Å². The van der Waals surface area contributed by atoms with Gasteiger partial charge >= 0.3 is 11.8 Å². The highest BCUT2D eigenvalue weighted by molar-refractivity contribution is 7.91. The number of amides is 1. The Bertz CT molecular complexity index is 1130. The minimum absolute atomic E-state index is 0.0832. The van der Waals surface area contributed by atoms with Gasteiger partial charge in [-0.1, -0.05) is 12.1 Å². The molecule has 11 heteroatoms. The molecule has 1 fully saturated rings. The molecule has 1 N–H and O–H groups in total. The fraction of sp³-hybridized carbons (Fsp3) is 0.316. The van der Waals surface area contributed by atoms with Crippen LogP contribution in [-0.2, 0) is 16.6 Å². The number of likely N-dealkylation sites (tertiary alicyclic amines) is 1. The summed E-state index contributed by atoms with van der Waals surface area (Å²) < 4.78 is 38.5. The number of ether oxygens (including phenoxy) is 1. The molecule has 1 aromatic carbocycles. The van der Waals surface area contributed by atoms with Gasteiger partial charge in [-0.15, -0.1) is 21.5 Å². The summed E-state index contributed by atoms with van der Waals surface area (Å²) in [7, 11) is -2.14. The second-order valence-electron chi connectivity index (χ2n) is 6.74. The molecule has 3 heterocycles. The quantitative estimate of drug-likeness (QED) is 0.591. The standard InChI is InChI=1S/C19H20N4O5S2/c1-27-15-6-4-13(5-7-15)11-20-30(25,26)16-10-14(12-29-16)17-21-22-18(28-17)19(24)23-8-2-3-9-23/h4-7,10,12,20H,2-3,8-9,11H2,1H3. The zero-order valence-corrected chi connectivity index (χ0v) is 17.8. The molecule has 9 nitrogen and oxygen atoms in total. The average molecular weight is 449 g/mol. The molecule has 3 aromatic rings. The number of carbonyl (C=O) groups is 1. The number of methoxy groups -OCH3 is 1. The Hall–Kier alpha value is -2.76. The second-order valence-corrected chi connectivity index (χ2v) is 9.64. The van der Waals surface area contributed by atoms with Crippen LogP contribution in [0.2, 0.25) is 0 Å². The highest BCUT2D eigenvalue weighted by atomic mass is 32.2. The maximum Gasteiger partial charge on any atom is 0.311 e. The van der Waals surface area contributed by atoms with Gasteiger partial charge < -0.3 is 14.1 Å². The van der Waals surface area contributed by atoms with Gasteiger partial charge in [0.1, 0.15) is 9.96 Å². The number of hydrogen-bond acceptors (Lipinski definition) is 8. The molecule has 0 aliphatic carbocycles. The van der Waals surface area contributed by atoms with E-state index in [1.807, 2.05) is 0 Å². The minimum atomic E-state index is -3.71. The molecule has 0 saturated carbocycles. The lowest BCUT2D eigenvalue weighted by Crippen LogP contribution is -2.27. The number of thiophene rings is 1. The Labute approximate surface area is 177 Å². The second kappa shape index (κ2) is 8.54. The van der Waals surface area contributed by atoms with Crippen LogP contribution in [0.25, 0.3) is 11.5 Å². The van der Waals surface area contributed by atoms with E-state index < -0.39 is 10.0 Å². The largest absolute Gasteiger partial charge is 0.497 e. The lowest BCUT2D eigenvalue weighted by Gasteiger charge is -2.11. The number of benzene rings is 1. The Morgan fingerprint density at radius 2 is 1.97 bits per heavy atom. The molecule has 1 aliphatic rings. The smallest absolute Gasteiger partial charge is 0.311 e. The first-order chi connectivity index (χ1) is 14.5. The number of sulfonamides is 1. The highest BCUT2D eigenvalue weighted by Gasteiger charge is 2.25. The summed E-state index contributed by atoms with van der Waals surface area (Å²) in [6.07, 6.45) is 1.92. The molecule has 4 rings (SSSR count). The number of aromatic nitrogens is 2. The number of rotatable bonds is 7. The Morgan fingerprint density at radius 3 is 2.67 bits per heavy atom. The molecular weight excluding hydrogens is 428 g/mol. The van der Waals surface area contributed by atoms with Crippen LogP contribution in [-0.4, -0.2) is 49.6 Å². The van der Waals surface area contributed by atoms with Gasteiger partial charge in [-0.3, -0.25) is 4.79 Å². The summed E-state index contributed by atoms with van der Waals surface area (Å²) in [5.74, 6) is 0.438. The van der Waals surface area contributed by atoms with E-state index in [0.717, 1.165) is 29.7 Å². The van der Waals surface area contributed by atoms with E-state index in [1.165, 1.54) is 6.07 Å². The molecule has 0 unspecified atom stereocenters. The van der Waals surface area contributed by atoms with Crippen molar-refractivity contribution in [2.75, 3.05) is 20.2 Å². The molecule has 158 valence electrons. The molecule has 1 saturated heterocycles. The first-order valence-electron chi connectivity index (χ1n) is 9.30. The van der Waals surface area contributed by atoms with Crippen molar-refractivity contribution in [1.82, 2.24) is 19.8 Å². The first kappa shape index (κ1) is 20.5. The zero-order valence-electron chi connectivity index (χ0n) is 16.2.